The van der Waals surface area contributed by atoms with Crippen LogP contribution >= 0.6 is 11.8 Å². The number of nitrogens with zero attached hydrogens (tertiary/aromatic N) is 2. The van der Waals surface area contributed by atoms with E-state index < -0.39 is 0 Å². The Kier molecular flexibility index (Phi) is 2.98. The quantitative estimate of drug-likeness (QED) is 0.779. The fourth-order valence-electron chi connectivity index (χ4n) is 1.32. The second-order valence-electron chi connectivity index (χ2n) is 3.12. The first-order valence-corrected chi connectivity index (χ1v) is 5.66. The highest BCUT2D eigenvalue weighted by molar-refractivity contribution is 7.99. The van der Waals surface area contributed by atoms with Crippen molar-refractivity contribution in [2.45, 2.75) is 12.5 Å². The second kappa shape index (κ2) is 4.41. The monoisotopic (exact) mass is 209 g/mol. The molecule has 0 saturated carbocycles. The zero-order valence-electron chi connectivity index (χ0n) is 7.64. The lowest BCUT2D eigenvalue weighted by Crippen LogP contribution is -2.35. The fourth-order valence-corrected chi connectivity index (χ4v) is 2.48. The molecule has 1 aliphatic rings. The molecule has 0 aromatic carbocycles. The zero-order chi connectivity index (χ0) is 9.80. The Morgan fingerprint density at radius 2 is 2.50 bits per heavy atom. The number of carbonyl (C=O) groups is 1. The summed E-state index contributed by atoms with van der Waals surface area (Å²) in [5, 5.41) is 2.93. The predicted molar refractivity (Wildman–Crippen MR) is 55.2 cm³/mol. The van der Waals surface area contributed by atoms with Crippen LogP contribution in [0.4, 0.5) is 0 Å². The topological polar surface area (TPSA) is 54.9 Å². The van der Waals surface area contributed by atoms with Gasteiger partial charge >= 0.3 is 0 Å². The van der Waals surface area contributed by atoms with Crippen LogP contribution in [0.5, 0.6) is 0 Å². The van der Waals surface area contributed by atoms with Gasteiger partial charge in [0, 0.05) is 24.2 Å². The van der Waals surface area contributed by atoms with Crippen LogP contribution in [-0.4, -0.2) is 33.4 Å². The van der Waals surface area contributed by atoms with Crippen LogP contribution in [0, 0.1) is 0 Å². The van der Waals surface area contributed by atoms with Crippen molar-refractivity contribution in [1.29, 1.82) is 0 Å². The maximum Gasteiger partial charge on any atom is 0.271 e. The van der Waals surface area contributed by atoms with E-state index in [1.165, 1.54) is 12.4 Å². The molecule has 1 aromatic rings. The van der Waals surface area contributed by atoms with Gasteiger partial charge in [0.1, 0.15) is 5.69 Å². The summed E-state index contributed by atoms with van der Waals surface area (Å²) in [6.45, 7) is 0. The van der Waals surface area contributed by atoms with Gasteiger partial charge in [-0.05, 0) is 12.2 Å². The van der Waals surface area contributed by atoms with Gasteiger partial charge in [0.2, 0.25) is 0 Å². The van der Waals surface area contributed by atoms with Gasteiger partial charge in [-0.1, -0.05) is 0 Å². The third kappa shape index (κ3) is 2.23. The molecule has 0 bridgehead atoms. The second-order valence-corrected chi connectivity index (χ2v) is 4.27. The maximum atomic E-state index is 11.6. The summed E-state index contributed by atoms with van der Waals surface area (Å²) in [6.07, 6.45) is 5.62. The Hall–Kier alpha value is -1.10. The van der Waals surface area contributed by atoms with Gasteiger partial charge in [-0.3, -0.25) is 9.78 Å². The normalized spacial score (nSPS) is 20.7. The Balaban J connectivity index is 1.95. The lowest BCUT2D eigenvalue weighted by atomic mass is 10.2. The highest BCUT2D eigenvalue weighted by Crippen LogP contribution is 2.17. The molecule has 1 aliphatic heterocycles. The van der Waals surface area contributed by atoms with Crippen molar-refractivity contribution in [1.82, 2.24) is 15.3 Å². The highest BCUT2D eigenvalue weighted by Gasteiger charge is 2.18. The minimum absolute atomic E-state index is 0.120. The van der Waals surface area contributed by atoms with Crippen LogP contribution < -0.4 is 5.32 Å². The maximum absolute atomic E-state index is 11.6. The molecule has 0 radical (unpaired) electrons. The minimum Gasteiger partial charge on any atom is -0.347 e. The SMILES string of the molecule is O=C(NC1CCSC1)c1cnccn1. The molecule has 1 aromatic heterocycles. The summed E-state index contributed by atoms with van der Waals surface area (Å²) in [6, 6.07) is 0.300. The van der Waals surface area contributed by atoms with Gasteiger partial charge < -0.3 is 5.32 Å². The molecule has 2 rings (SSSR count). The number of thioether (sulfide) groups is 1. The van der Waals surface area contributed by atoms with Crippen molar-refractivity contribution in [2.75, 3.05) is 11.5 Å². The summed E-state index contributed by atoms with van der Waals surface area (Å²) in [5.74, 6) is 2.02. The zero-order valence-corrected chi connectivity index (χ0v) is 8.46. The molecule has 5 heteroatoms. The van der Waals surface area contributed by atoms with E-state index in [1.807, 2.05) is 11.8 Å². The van der Waals surface area contributed by atoms with E-state index in [9.17, 15) is 4.79 Å². The molecule has 4 nitrogen and oxygen atoms in total. The van der Waals surface area contributed by atoms with E-state index in [1.54, 1.807) is 6.20 Å². The molecular weight excluding hydrogens is 198 g/mol. The Morgan fingerprint density at radius 1 is 1.57 bits per heavy atom. The third-order valence-electron chi connectivity index (χ3n) is 2.06. The molecule has 1 atom stereocenters. The largest absolute Gasteiger partial charge is 0.347 e. The van der Waals surface area contributed by atoms with Gasteiger partial charge in [0.25, 0.3) is 5.91 Å². The Labute approximate surface area is 86.5 Å². The fraction of sp³-hybridized carbons (Fsp3) is 0.444. The van der Waals surface area contributed by atoms with E-state index in [0.717, 1.165) is 17.9 Å². The molecule has 1 N–H and O–H groups in total. The van der Waals surface area contributed by atoms with Crippen molar-refractivity contribution in [3.63, 3.8) is 0 Å². The van der Waals surface area contributed by atoms with Crippen LogP contribution in [0.1, 0.15) is 16.9 Å². The van der Waals surface area contributed by atoms with Gasteiger partial charge in [0.15, 0.2) is 0 Å². The number of hydrogen-bond donors (Lipinski definition) is 1. The Morgan fingerprint density at radius 3 is 3.14 bits per heavy atom. The first kappa shape index (κ1) is 9.45. The predicted octanol–water partition coefficient (Wildman–Crippen LogP) is 0.712. The lowest BCUT2D eigenvalue weighted by molar-refractivity contribution is 0.0935. The molecule has 14 heavy (non-hydrogen) atoms. The van der Waals surface area contributed by atoms with E-state index >= 15 is 0 Å². The van der Waals surface area contributed by atoms with Crippen LogP contribution in [0.25, 0.3) is 0 Å². The van der Waals surface area contributed by atoms with Crippen LogP contribution in [-0.2, 0) is 0 Å². The first-order valence-electron chi connectivity index (χ1n) is 4.51. The summed E-state index contributed by atoms with van der Waals surface area (Å²) >= 11 is 1.87. The van der Waals surface area contributed by atoms with Gasteiger partial charge in [0.05, 0.1) is 6.20 Å². The smallest absolute Gasteiger partial charge is 0.271 e. The van der Waals surface area contributed by atoms with Crippen LogP contribution in [0.2, 0.25) is 0 Å². The summed E-state index contributed by atoms with van der Waals surface area (Å²) < 4.78 is 0. The summed E-state index contributed by atoms with van der Waals surface area (Å²) in [5.41, 5.74) is 0.393. The molecule has 74 valence electrons. The number of carbonyl (C=O) groups excluding carboxylic acids is 1. The van der Waals surface area contributed by atoms with E-state index in [-0.39, 0.29) is 5.91 Å². The van der Waals surface area contributed by atoms with Crippen LogP contribution in [0.15, 0.2) is 18.6 Å². The van der Waals surface area contributed by atoms with Crippen molar-refractivity contribution in [3.05, 3.63) is 24.3 Å². The molecular formula is C9H11N3OS. The molecule has 1 unspecified atom stereocenters. The van der Waals surface area contributed by atoms with Crippen LogP contribution in [0.3, 0.4) is 0 Å². The van der Waals surface area contributed by atoms with Gasteiger partial charge in [-0.25, -0.2) is 4.98 Å². The standard InChI is InChI=1S/C9H11N3OS/c13-9(8-5-10-2-3-11-8)12-7-1-4-14-6-7/h2-3,5,7H,1,4,6H2,(H,12,13). The third-order valence-corrected chi connectivity index (χ3v) is 3.22. The number of hydrogen-bond acceptors (Lipinski definition) is 4. The molecule has 1 amide bonds. The lowest BCUT2D eigenvalue weighted by Gasteiger charge is -2.09. The van der Waals surface area contributed by atoms with Crippen molar-refractivity contribution >= 4 is 17.7 Å². The highest BCUT2D eigenvalue weighted by atomic mass is 32.2. The average Bonchev–Trinajstić information content (AvgIpc) is 2.72. The molecule has 0 aliphatic carbocycles. The first-order chi connectivity index (χ1) is 6.86. The van der Waals surface area contributed by atoms with E-state index in [2.05, 4.69) is 15.3 Å². The molecule has 1 saturated heterocycles. The minimum atomic E-state index is -0.120. The van der Waals surface area contributed by atoms with E-state index in [0.29, 0.717) is 11.7 Å². The number of nitrogens with one attached hydrogen (secondary N) is 1. The van der Waals surface area contributed by atoms with E-state index in [4.69, 9.17) is 0 Å². The molecule has 1 fully saturated rings. The summed E-state index contributed by atoms with van der Waals surface area (Å²) in [4.78, 5) is 19.4. The van der Waals surface area contributed by atoms with Gasteiger partial charge in [-0.2, -0.15) is 11.8 Å². The van der Waals surface area contributed by atoms with Crippen molar-refractivity contribution < 1.29 is 4.79 Å². The average molecular weight is 209 g/mol. The molecule has 2 heterocycles. The van der Waals surface area contributed by atoms with Gasteiger partial charge in [-0.15, -0.1) is 0 Å². The summed E-state index contributed by atoms with van der Waals surface area (Å²) in [7, 11) is 0. The number of amides is 1. The van der Waals surface area contributed by atoms with Crippen molar-refractivity contribution in [2.24, 2.45) is 0 Å². The number of aromatic nitrogens is 2. The van der Waals surface area contributed by atoms with Crippen molar-refractivity contribution in [3.8, 4) is 0 Å². The number of rotatable bonds is 2. The Bertz CT molecular complexity index is 311. The molecule has 0 spiro atoms.